The SMILES string of the molecule is CCC(CC)CNC(=NC)NCCCS(C)(=O)=O.I. The van der Waals surface area contributed by atoms with E-state index in [1.165, 1.54) is 6.26 Å². The lowest BCUT2D eigenvalue weighted by atomic mass is 10.0. The molecule has 0 radical (unpaired) electrons. The molecule has 116 valence electrons. The lowest BCUT2D eigenvalue weighted by molar-refractivity contribution is 0.481. The molecule has 0 atom stereocenters. The molecular formula is C12H28IN3O2S. The van der Waals surface area contributed by atoms with Gasteiger partial charge in [-0.15, -0.1) is 24.0 Å². The first kappa shape index (κ1) is 21.3. The summed E-state index contributed by atoms with van der Waals surface area (Å²) in [5.74, 6) is 1.61. The molecule has 0 bridgehead atoms. The number of nitrogens with one attached hydrogen (secondary N) is 2. The standard InChI is InChI=1S/C12H27N3O2S.HI/c1-5-11(6-2)10-15-12(13-3)14-8-7-9-18(4,16)17;/h11H,5-10H2,1-4H3,(H2,13,14,15);1H. The average Bonchev–Trinajstić information content (AvgIpc) is 2.31. The molecule has 0 saturated heterocycles. The van der Waals surface area contributed by atoms with Gasteiger partial charge < -0.3 is 10.6 Å². The second-order valence-electron chi connectivity index (χ2n) is 4.55. The van der Waals surface area contributed by atoms with Crippen molar-refractivity contribution in [2.24, 2.45) is 10.9 Å². The number of aliphatic imine (C=N–C) groups is 1. The minimum Gasteiger partial charge on any atom is -0.356 e. The van der Waals surface area contributed by atoms with Crippen molar-refractivity contribution in [1.82, 2.24) is 10.6 Å². The van der Waals surface area contributed by atoms with Crippen LogP contribution in [0.15, 0.2) is 4.99 Å². The van der Waals surface area contributed by atoms with Crippen LogP contribution in [-0.2, 0) is 9.84 Å². The fourth-order valence-electron chi connectivity index (χ4n) is 1.58. The van der Waals surface area contributed by atoms with Gasteiger partial charge in [0.25, 0.3) is 0 Å². The molecule has 0 aliphatic carbocycles. The van der Waals surface area contributed by atoms with Gasteiger partial charge in [-0.2, -0.15) is 0 Å². The average molecular weight is 405 g/mol. The molecule has 7 heteroatoms. The quantitative estimate of drug-likeness (QED) is 0.279. The number of nitrogens with zero attached hydrogens (tertiary/aromatic N) is 1. The number of guanidine groups is 1. The number of halogens is 1. The highest BCUT2D eigenvalue weighted by atomic mass is 127. The lowest BCUT2D eigenvalue weighted by Gasteiger charge is -2.16. The highest BCUT2D eigenvalue weighted by molar-refractivity contribution is 14.0. The maximum Gasteiger partial charge on any atom is 0.190 e. The molecule has 0 amide bonds. The van der Waals surface area contributed by atoms with Gasteiger partial charge in [-0.3, -0.25) is 4.99 Å². The van der Waals surface area contributed by atoms with Crippen LogP contribution in [0.4, 0.5) is 0 Å². The zero-order chi connectivity index (χ0) is 14.0. The zero-order valence-corrected chi connectivity index (χ0v) is 15.5. The first-order chi connectivity index (χ1) is 8.42. The van der Waals surface area contributed by atoms with Crippen molar-refractivity contribution < 1.29 is 8.42 Å². The van der Waals surface area contributed by atoms with E-state index in [0.29, 0.717) is 18.9 Å². The maximum absolute atomic E-state index is 11.0. The highest BCUT2D eigenvalue weighted by Crippen LogP contribution is 2.04. The van der Waals surface area contributed by atoms with Crippen LogP contribution in [0.25, 0.3) is 0 Å². The van der Waals surface area contributed by atoms with Gasteiger partial charge in [0.15, 0.2) is 5.96 Å². The summed E-state index contributed by atoms with van der Waals surface area (Å²) < 4.78 is 21.9. The predicted molar refractivity (Wildman–Crippen MR) is 93.2 cm³/mol. The van der Waals surface area contributed by atoms with Crippen LogP contribution in [-0.4, -0.2) is 46.5 Å². The van der Waals surface area contributed by atoms with Crippen molar-refractivity contribution in [2.75, 3.05) is 32.1 Å². The molecule has 5 nitrogen and oxygen atoms in total. The van der Waals surface area contributed by atoms with Crippen LogP contribution in [0, 0.1) is 5.92 Å². The van der Waals surface area contributed by atoms with E-state index in [2.05, 4.69) is 29.5 Å². The molecule has 0 spiro atoms. The third kappa shape index (κ3) is 12.7. The summed E-state index contributed by atoms with van der Waals surface area (Å²) in [4.78, 5) is 4.11. The lowest BCUT2D eigenvalue weighted by Crippen LogP contribution is -2.40. The molecule has 19 heavy (non-hydrogen) atoms. The molecular weight excluding hydrogens is 377 g/mol. The third-order valence-electron chi connectivity index (χ3n) is 2.92. The number of rotatable bonds is 8. The van der Waals surface area contributed by atoms with Gasteiger partial charge in [-0.25, -0.2) is 8.42 Å². The van der Waals surface area contributed by atoms with Gasteiger partial charge in [-0.1, -0.05) is 26.7 Å². The molecule has 0 heterocycles. The van der Waals surface area contributed by atoms with Crippen LogP contribution in [0.1, 0.15) is 33.1 Å². The van der Waals surface area contributed by atoms with Gasteiger partial charge >= 0.3 is 0 Å². The van der Waals surface area contributed by atoms with Gasteiger partial charge in [0.05, 0.1) is 5.75 Å². The van der Waals surface area contributed by atoms with Crippen molar-refractivity contribution in [1.29, 1.82) is 0 Å². The fourth-order valence-corrected chi connectivity index (χ4v) is 2.25. The van der Waals surface area contributed by atoms with E-state index in [0.717, 1.165) is 25.3 Å². The molecule has 0 saturated carbocycles. The van der Waals surface area contributed by atoms with Crippen LogP contribution in [0.5, 0.6) is 0 Å². The smallest absolute Gasteiger partial charge is 0.190 e. The molecule has 0 fully saturated rings. The van der Waals surface area contributed by atoms with Crippen LogP contribution < -0.4 is 10.6 Å². The highest BCUT2D eigenvalue weighted by Gasteiger charge is 2.05. The van der Waals surface area contributed by atoms with Crippen molar-refractivity contribution >= 4 is 39.8 Å². The van der Waals surface area contributed by atoms with Crippen molar-refractivity contribution in [3.8, 4) is 0 Å². The molecule has 0 aromatic carbocycles. The van der Waals surface area contributed by atoms with Crippen molar-refractivity contribution in [3.05, 3.63) is 0 Å². The summed E-state index contributed by atoms with van der Waals surface area (Å²) >= 11 is 0. The van der Waals surface area contributed by atoms with E-state index >= 15 is 0 Å². The van der Waals surface area contributed by atoms with E-state index in [-0.39, 0.29) is 29.7 Å². The molecule has 0 aromatic heterocycles. The monoisotopic (exact) mass is 405 g/mol. The van der Waals surface area contributed by atoms with E-state index in [9.17, 15) is 8.42 Å². The van der Waals surface area contributed by atoms with Crippen LogP contribution in [0.2, 0.25) is 0 Å². The Morgan fingerprint density at radius 1 is 1.21 bits per heavy atom. The summed E-state index contributed by atoms with van der Waals surface area (Å²) in [6.07, 6.45) is 4.15. The first-order valence-corrected chi connectivity index (χ1v) is 8.61. The summed E-state index contributed by atoms with van der Waals surface area (Å²) in [6.45, 7) is 5.88. The summed E-state index contributed by atoms with van der Waals surface area (Å²) in [5.41, 5.74) is 0. The Bertz CT molecular complexity index is 341. The van der Waals surface area contributed by atoms with Crippen LogP contribution >= 0.6 is 24.0 Å². The Labute approximate surface area is 135 Å². The molecule has 0 aromatic rings. The third-order valence-corrected chi connectivity index (χ3v) is 3.95. The fraction of sp³-hybridized carbons (Fsp3) is 0.917. The Kier molecular flexibility index (Phi) is 13.1. The van der Waals surface area contributed by atoms with Crippen LogP contribution in [0.3, 0.4) is 0 Å². The van der Waals surface area contributed by atoms with E-state index in [4.69, 9.17) is 0 Å². The Balaban J connectivity index is 0. The molecule has 0 aliphatic rings. The topological polar surface area (TPSA) is 70.6 Å². The number of hydrogen-bond donors (Lipinski definition) is 2. The Morgan fingerprint density at radius 2 is 1.79 bits per heavy atom. The van der Waals surface area contributed by atoms with Gasteiger partial charge in [0.2, 0.25) is 0 Å². The molecule has 2 N–H and O–H groups in total. The summed E-state index contributed by atoms with van der Waals surface area (Å²) in [6, 6.07) is 0. The molecule has 0 unspecified atom stereocenters. The second-order valence-corrected chi connectivity index (χ2v) is 6.81. The van der Waals surface area contributed by atoms with Crippen molar-refractivity contribution in [2.45, 2.75) is 33.1 Å². The normalized spacial score (nSPS) is 12.2. The molecule has 0 rings (SSSR count). The Morgan fingerprint density at radius 3 is 2.21 bits per heavy atom. The van der Waals surface area contributed by atoms with E-state index in [1.54, 1.807) is 7.05 Å². The minimum absolute atomic E-state index is 0. The van der Waals surface area contributed by atoms with E-state index in [1.807, 2.05) is 0 Å². The zero-order valence-electron chi connectivity index (χ0n) is 12.4. The molecule has 0 aliphatic heterocycles. The summed E-state index contributed by atoms with van der Waals surface area (Å²) in [5, 5.41) is 6.38. The van der Waals surface area contributed by atoms with Gasteiger partial charge in [0, 0.05) is 26.4 Å². The number of hydrogen-bond acceptors (Lipinski definition) is 3. The number of sulfone groups is 1. The predicted octanol–water partition coefficient (Wildman–Crippen LogP) is 1.64. The largest absolute Gasteiger partial charge is 0.356 e. The van der Waals surface area contributed by atoms with E-state index < -0.39 is 9.84 Å². The maximum atomic E-state index is 11.0. The summed E-state index contributed by atoms with van der Waals surface area (Å²) in [7, 11) is -1.14. The minimum atomic E-state index is -2.86. The first-order valence-electron chi connectivity index (χ1n) is 6.55. The van der Waals surface area contributed by atoms with Gasteiger partial charge in [-0.05, 0) is 12.3 Å². The Hall–Kier alpha value is -0.0500. The van der Waals surface area contributed by atoms with Crippen molar-refractivity contribution in [3.63, 3.8) is 0 Å². The van der Waals surface area contributed by atoms with Gasteiger partial charge in [0.1, 0.15) is 9.84 Å². The second kappa shape index (κ2) is 11.7.